The highest BCUT2D eigenvalue weighted by Gasteiger charge is 2.41. The molecule has 0 atom stereocenters. The molecule has 7 heteroatoms. The van der Waals surface area contributed by atoms with Gasteiger partial charge in [0.1, 0.15) is 5.82 Å². The molecular weight excluding hydrogens is 344 g/mol. The Morgan fingerprint density at radius 1 is 1.37 bits per heavy atom. The summed E-state index contributed by atoms with van der Waals surface area (Å²) in [5, 5.41) is 0. The van der Waals surface area contributed by atoms with E-state index in [9.17, 15) is 13.2 Å². The van der Waals surface area contributed by atoms with E-state index in [4.69, 9.17) is 11.6 Å². The van der Waals surface area contributed by atoms with Gasteiger partial charge in [0.25, 0.3) is 0 Å². The summed E-state index contributed by atoms with van der Waals surface area (Å²) in [7, 11) is 0. The van der Waals surface area contributed by atoms with Gasteiger partial charge in [-0.05, 0) is 34.8 Å². The molecule has 0 aliphatic carbocycles. The van der Waals surface area contributed by atoms with Crippen molar-refractivity contribution in [3.8, 4) is 0 Å². The first-order valence-electron chi connectivity index (χ1n) is 5.94. The highest BCUT2D eigenvalue weighted by molar-refractivity contribution is 9.10. The lowest BCUT2D eigenvalue weighted by molar-refractivity contribution is -0.179. The quantitative estimate of drug-likeness (QED) is 0.731. The van der Waals surface area contributed by atoms with Crippen LogP contribution in [0.3, 0.4) is 0 Å². The van der Waals surface area contributed by atoms with Crippen LogP contribution < -0.4 is 4.90 Å². The van der Waals surface area contributed by atoms with Gasteiger partial charge in [-0.2, -0.15) is 13.2 Å². The Hall–Kier alpha value is -0.490. The van der Waals surface area contributed by atoms with E-state index in [1.165, 1.54) is 0 Å². The second kappa shape index (κ2) is 5.87. The number of nitrogens with zero attached hydrogens (tertiary/aromatic N) is 2. The zero-order chi connectivity index (χ0) is 14.0. The van der Waals surface area contributed by atoms with Gasteiger partial charge in [-0.3, -0.25) is 0 Å². The number of alkyl halides is 4. The Morgan fingerprint density at radius 3 is 2.53 bits per heavy atom. The van der Waals surface area contributed by atoms with Crippen LogP contribution in [-0.2, 0) is 5.88 Å². The van der Waals surface area contributed by atoms with Gasteiger partial charge in [-0.25, -0.2) is 4.98 Å². The van der Waals surface area contributed by atoms with Crippen LogP contribution in [0, 0.1) is 5.92 Å². The van der Waals surface area contributed by atoms with E-state index in [1.807, 2.05) is 11.0 Å². The molecule has 0 N–H and O–H groups in total. The van der Waals surface area contributed by atoms with Crippen molar-refractivity contribution in [3.63, 3.8) is 0 Å². The van der Waals surface area contributed by atoms with Gasteiger partial charge in [0.05, 0.1) is 11.8 Å². The van der Waals surface area contributed by atoms with Crippen molar-refractivity contribution in [2.24, 2.45) is 5.92 Å². The Bertz CT molecular complexity index is 445. The number of aromatic nitrogens is 1. The van der Waals surface area contributed by atoms with Crippen LogP contribution in [0.5, 0.6) is 0 Å². The number of rotatable bonds is 2. The van der Waals surface area contributed by atoms with Gasteiger partial charge >= 0.3 is 6.18 Å². The molecular formula is C12H13BrClF3N2. The van der Waals surface area contributed by atoms with Gasteiger partial charge in [0.15, 0.2) is 0 Å². The zero-order valence-electron chi connectivity index (χ0n) is 10.1. The van der Waals surface area contributed by atoms with Crippen LogP contribution >= 0.6 is 27.5 Å². The van der Waals surface area contributed by atoms with E-state index in [0.29, 0.717) is 24.8 Å². The number of hydrogen-bond acceptors (Lipinski definition) is 2. The van der Waals surface area contributed by atoms with Gasteiger partial charge < -0.3 is 4.90 Å². The Labute approximate surface area is 123 Å². The van der Waals surface area contributed by atoms with E-state index < -0.39 is 12.1 Å². The van der Waals surface area contributed by atoms with Crippen LogP contribution in [0.1, 0.15) is 18.4 Å². The molecule has 1 aromatic heterocycles. The Kier molecular flexibility index (Phi) is 4.61. The average Bonchev–Trinajstić information content (AvgIpc) is 2.37. The van der Waals surface area contributed by atoms with E-state index in [-0.39, 0.29) is 12.8 Å². The SMILES string of the molecule is FC(F)(F)C1CCN(c2ncc(Br)cc2CCl)CC1. The van der Waals surface area contributed by atoms with Gasteiger partial charge in [0, 0.05) is 29.3 Å². The highest BCUT2D eigenvalue weighted by atomic mass is 79.9. The molecule has 2 rings (SSSR count). The molecule has 2 nitrogen and oxygen atoms in total. The van der Waals surface area contributed by atoms with Crippen LogP contribution in [0.15, 0.2) is 16.7 Å². The van der Waals surface area contributed by atoms with E-state index in [2.05, 4.69) is 20.9 Å². The minimum Gasteiger partial charge on any atom is -0.356 e. The van der Waals surface area contributed by atoms with Crippen LogP contribution in [0.25, 0.3) is 0 Å². The predicted octanol–water partition coefficient (Wildman–Crippen LogP) is 4.36. The number of halogens is 5. The summed E-state index contributed by atoms with van der Waals surface area (Å²) in [6.07, 6.45) is -2.22. The van der Waals surface area contributed by atoms with E-state index in [1.54, 1.807) is 6.20 Å². The topological polar surface area (TPSA) is 16.1 Å². The van der Waals surface area contributed by atoms with Gasteiger partial charge in [-0.15, -0.1) is 11.6 Å². The van der Waals surface area contributed by atoms with Crippen molar-refractivity contribution in [2.45, 2.75) is 24.9 Å². The van der Waals surface area contributed by atoms with E-state index in [0.717, 1.165) is 10.0 Å². The number of hydrogen-bond donors (Lipinski definition) is 0. The molecule has 0 radical (unpaired) electrons. The monoisotopic (exact) mass is 356 g/mol. The first kappa shape index (κ1) is 14.9. The van der Waals surface area contributed by atoms with Crippen molar-refractivity contribution in [1.82, 2.24) is 4.98 Å². The largest absolute Gasteiger partial charge is 0.391 e. The summed E-state index contributed by atoms with van der Waals surface area (Å²) in [6.45, 7) is 0.728. The lowest BCUT2D eigenvalue weighted by Gasteiger charge is -2.34. The number of anilines is 1. The standard InChI is InChI=1S/C12H13BrClF3N2/c13-10-5-8(6-14)11(18-7-10)19-3-1-9(2-4-19)12(15,16)17/h5,7,9H,1-4,6H2. The smallest absolute Gasteiger partial charge is 0.356 e. The minimum atomic E-state index is -4.09. The molecule has 0 amide bonds. The van der Waals surface area contributed by atoms with Crippen LogP contribution in [-0.4, -0.2) is 24.2 Å². The summed E-state index contributed by atoms with van der Waals surface area (Å²) < 4.78 is 38.6. The minimum absolute atomic E-state index is 0.114. The maximum Gasteiger partial charge on any atom is 0.391 e. The van der Waals surface area contributed by atoms with Gasteiger partial charge in [0.2, 0.25) is 0 Å². The summed E-state index contributed by atoms with van der Waals surface area (Å²) in [4.78, 5) is 6.15. The van der Waals surface area contributed by atoms with E-state index >= 15 is 0 Å². The Balaban J connectivity index is 2.10. The summed E-state index contributed by atoms with van der Waals surface area (Å²) >= 11 is 9.17. The summed E-state index contributed by atoms with van der Waals surface area (Å²) in [5.41, 5.74) is 0.835. The maximum atomic E-state index is 12.6. The normalized spacial score (nSPS) is 17.8. The fraction of sp³-hybridized carbons (Fsp3) is 0.583. The average molecular weight is 358 g/mol. The van der Waals surface area contributed by atoms with Crippen molar-refractivity contribution < 1.29 is 13.2 Å². The molecule has 1 aliphatic heterocycles. The zero-order valence-corrected chi connectivity index (χ0v) is 12.4. The van der Waals surface area contributed by atoms with Crippen molar-refractivity contribution in [2.75, 3.05) is 18.0 Å². The number of pyridine rings is 1. The molecule has 19 heavy (non-hydrogen) atoms. The molecule has 106 valence electrons. The predicted molar refractivity (Wildman–Crippen MR) is 72.5 cm³/mol. The van der Waals surface area contributed by atoms with Crippen LogP contribution in [0.4, 0.5) is 19.0 Å². The third-order valence-corrected chi connectivity index (χ3v) is 4.03. The van der Waals surface area contributed by atoms with Crippen molar-refractivity contribution in [1.29, 1.82) is 0 Å². The second-order valence-corrected chi connectivity index (χ2v) is 5.76. The first-order valence-corrected chi connectivity index (χ1v) is 7.26. The van der Waals surface area contributed by atoms with Crippen molar-refractivity contribution >= 4 is 33.3 Å². The molecule has 1 aromatic rings. The highest BCUT2D eigenvalue weighted by Crippen LogP contribution is 2.36. The second-order valence-electron chi connectivity index (χ2n) is 4.57. The fourth-order valence-corrected chi connectivity index (χ4v) is 2.85. The molecule has 1 saturated heterocycles. The van der Waals surface area contributed by atoms with Crippen molar-refractivity contribution in [3.05, 3.63) is 22.3 Å². The fourth-order valence-electron chi connectivity index (χ4n) is 2.28. The molecule has 1 aliphatic rings. The molecule has 0 bridgehead atoms. The van der Waals surface area contributed by atoms with Gasteiger partial charge in [-0.1, -0.05) is 0 Å². The maximum absolute atomic E-state index is 12.6. The Morgan fingerprint density at radius 2 is 2.00 bits per heavy atom. The molecule has 0 spiro atoms. The molecule has 0 unspecified atom stereocenters. The first-order chi connectivity index (χ1) is 8.91. The number of piperidine rings is 1. The lowest BCUT2D eigenvalue weighted by atomic mass is 9.96. The molecule has 2 heterocycles. The molecule has 1 fully saturated rings. The third kappa shape index (κ3) is 3.54. The lowest BCUT2D eigenvalue weighted by Crippen LogP contribution is -2.39. The molecule has 0 saturated carbocycles. The van der Waals surface area contributed by atoms with Crippen LogP contribution in [0.2, 0.25) is 0 Å². The third-order valence-electron chi connectivity index (χ3n) is 3.31. The summed E-state index contributed by atoms with van der Waals surface area (Å²) in [5.74, 6) is -0.210. The molecule has 0 aromatic carbocycles. The summed E-state index contributed by atoms with van der Waals surface area (Å²) in [6, 6.07) is 1.85.